The predicted octanol–water partition coefficient (Wildman–Crippen LogP) is 5.13. The number of likely N-dealkylation sites (N-methyl/N-ethyl adjacent to an activating group) is 1. The summed E-state index contributed by atoms with van der Waals surface area (Å²) in [6.45, 7) is 1.76. The number of carbonyl (C=O) groups is 1. The van der Waals surface area contributed by atoms with Gasteiger partial charge in [-0.15, -0.1) is 0 Å². The van der Waals surface area contributed by atoms with Gasteiger partial charge < -0.3 is 10.0 Å². The second kappa shape index (κ2) is 10.5. The van der Waals surface area contributed by atoms with Gasteiger partial charge in [-0.05, 0) is 57.5 Å². The zero-order chi connectivity index (χ0) is 26.1. The summed E-state index contributed by atoms with van der Waals surface area (Å²) in [7, 11) is 1.94. The maximum Gasteiger partial charge on any atom is 0.234 e. The molecule has 5 heteroatoms. The van der Waals surface area contributed by atoms with Crippen LogP contribution in [0.25, 0.3) is 16.3 Å². The summed E-state index contributed by atoms with van der Waals surface area (Å²) in [4.78, 5) is 22.7. The van der Waals surface area contributed by atoms with Gasteiger partial charge >= 0.3 is 0 Å². The van der Waals surface area contributed by atoms with Crippen LogP contribution in [0.15, 0.2) is 103 Å². The Morgan fingerprint density at radius 1 is 0.921 bits per heavy atom. The number of rotatable bonds is 6. The Morgan fingerprint density at radius 2 is 1.66 bits per heavy atom. The SMILES string of the molecule is CN1C(=O)C(c2ccc3ccccc3c2)C(c2ccncc2)=CC1C1CC(CO)N(Cc2ccccc2)C1. The van der Waals surface area contributed by atoms with Crippen LogP contribution in [-0.4, -0.2) is 58.1 Å². The number of hydrogen-bond donors (Lipinski definition) is 1. The van der Waals surface area contributed by atoms with Crippen molar-refractivity contribution in [1.82, 2.24) is 14.8 Å². The van der Waals surface area contributed by atoms with E-state index < -0.39 is 0 Å². The van der Waals surface area contributed by atoms with Gasteiger partial charge in [0.2, 0.25) is 5.91 Å². The fourth-order valence-corrected chi connectivity index (χ4v) is 6.32. The van der Waals surface area contributed by atoms with Crippen LogP contribution in [0.3, 0.4) is 0 Å². The normalized spacial score (nSPS) is 24.1. The van der Waals surface area contributed by atoms with Gasteiger partial charge in [-0.25, -0.2) is 0 Å². The van der Waals surface area contributed by atoms with Crippen molar-refractivity contribution in [3.63, 3.8) is 0 Å². The van der Waals surface area contributed by atoms with Gasteiger partial charge in [0.15, 0.2) is 0 Å². The van der Waals surface area contributed by atoms with E-state index in [1.165, 1.54) is 10.9 Å². The topological polar surface area (TPSA) is 56.7 Å². The Kier molecular flexibility index (Phi) is 6.79. The summed E-state index contributed by atoms with van der Waals surface area (Å²) in [5.74, 6) is -0.0282. The zero-order valence-electron chi connectivity index (χ0n) is 21.6. The fourth-order valence-electron chi connectivity index (χ4n) is 6.32. The standard InChI is InChI=1S/C33H33N3O2/c1-35-31(28-18-29(22-37)36(21-28)20-23-7-3-2-4-8-23)19-30(25-13-15-34-16-14-25)32(33(35)38)27-12-11-24-9-5-6-10-26(24)17-27/h2-17,19,28-29,31-32,37H,18,20-22H2,1H3. The first-order valence-electron chi connectivity index (χ1n) is 13.4. The first-order valence-corrected chi connectivity index (χ1v) is 13.4. The number of pyridine rings is 1. The second-order valence-electron chi connectivity index (χ2n) is 10.6. The molecule has 3 aromatic carbocycles. The first kappa shape index (κ1) is 24.5. The van der Waals surface area contributed by atoms with Crippen LogP contribution in [-0.2, 0) is 11.3 Å². The summed E-state index contributed by atoms with van der Waals surface area (Å²) in [5.41, 5.74) is 4.32. The number of amides is 1. The summed E-state index contributed by atoms with van der Waals surface area (Å²) in [5, 5.41) is 12.5. The Morgan fingerprint density at radius 3 is 2.42 bits per heavy atom. The molecule has 1 N–H and O–H groups in total. The molecule has 5 nitrogen and oxygen atoms in total. The number of nitrogens with zero attached hydrogens (tertiary/aromatic N) is 3. The summed E-state index contributed by atoms with van der Waals surface area (Å²) in [6, 6.07) is 29.1. The number of carbonyl (C=O) groups excluding carboxylic acids is 1. The molecule has 1 saturated heterocycles. The Hall–Kier alpha value is -3.80. The van der Waals surface area contributed by atoms with Crippen molar-refractivity contribution in [2.75, 3.05) is 20.2 Å². The van der Waals surface area contributed by atoms with Crippen molar-refractivity contribution in [2.24, 2.45) is 5.92 Å². The molecule has 4 unspecified atom stereocenters. The van der Waals surface area contributed by atoms with Gasteiger partial charge in [0.05, 0.1) is 18.6 Å². The minimum Gasteiger partial charge on any atom is -0.395 e. The van der Waals surface area contributed by atoms with Gasteiger partial charge in [-0.2, -0.15) is 0 Å². The lowest BCUT2D eigenvalue weighted by atomic mass is 9.79. The number of fused-ring (bicyclic) bond motifs is 1. The molecule has 2 aliphatic rings. The molecule has 0 radical (unpaired) electrons. The van der Waals surface area contributed by atoms with E-state index in [0.717, 1.165) is 41.6 Å². The molecule has 4 aromatic rings. The third-order valence-electron chi connectivity index (χ3n) is 8.31. The molecule has 2 aliphatic heterocycles. The number of hydrogen-bond acceptors (Lipinski definition) is 4. The highest BCUT2D eigenvalue weighted by atomic mass is 16.3. The molecule has 3 heterocycles. The Balaban J connectivity index is 1.37. The minimum atomic E-state index is -0.376. The van der Waals surface area contributed by atoms with Gasteiger partial charge in [0.25, 0.3) is 0 Å². The number of benzene rings is 3. The van der Waals surface area contributed by atoms with Crippen molar-refractivity contribution >= 4 is 22.3 Å². The lowest BCUT2D eigenvalue weighted by molar-refractivity contribution is -0.132. The quantitative estimate of drug-likeness (QED) is 0.397. The van der Waals surface area contributed by atoms with Gasteiger partial charge in [0.1, 0.15) is 0 Å². The molecule has 192 valence electrons. The fraction of sp³-hybridized carbons (Fsp3) is 0.273. The molecule has 0 bridgehead atoms. The monoisotopic (exact) mass is 503 g/mol. The van der Waals surface area contributed by atoms with E-state index in [2.05, 4.69) is 70.6 Å². The molecule has 38 heavy (non-hydrogen) atoms. The maximum atomic E-state index is 14.1. The Bertz CT molecular complexity index is 1450. The van der Waals surface area contributed by atoms with Crippen molar-refractivity contribution < 1.29 is 9.90 Å². The van der Waals surface area contributed by atoms with Crippen LogP contribution < -0.4 is 0 Å². The van der Waals surface area contributed by atoms with Crippen LogP contribution >= 0.6 is 0 Å². The van der Waals surface area contributed by atoms with Crippen molar-refractivity contribution in [2.45, 2.75) is 31.0 Å². The van der Waals surface area contributed by atoms with Gasteiger partial charge in [-0.1, -0.05) is 78.9 Å². The highest BCUT2D eigenvalue weighted by Gasteiger charge is 2.43. The van der Waals surface area contributed by atoms with E-state index >= 15 is 0 Å². The van der Waals surface area contributed by atoms with Crippen molar-refractivity contribution in [3.8, 4) is 0 Å². The van der Waals surface area contributed by atoms with Crippen LogP contribution in [0.5, 0.6) is 0 Å². The first-order chi connectivity index (χ1) is 18.6. The third-order valence-corrected chi connectivity index (χ3v) is 8.31. The summed E-state index contributed by atoms with van der Waals surface area (Å²) in [6.07, 6.45) is 6.75. The molecule has 0 saturated carbocycles. The number of aliphatic hydroxyl groups excluding tert-OH is 1. The van der Waals surface area contributed by atoms with Crippen molar-refractivity contribution in [3.05, 3.63) is 120 Å². The van der Waals surface area contributed by atoms with E-state index in [0.29, 0.717) is 0 Å². The van der Waals surface area contributed by atoms with E-state index in [-0.39, 0.29) is 36.4 Å². The van der Waals surface area contributed by atoms with Gasteiger partial charge in [0, 0.05) is 38.6 Å². The number of likely N-dealkylation sites (tertiary alicyclic amines) is 1. The van der Waals surface area contributed by atoms with E-state index in [1.807, 2.05) is 42.3 Å². The molecular formula is C33H33N3O2. The average Bonchev–Trinajstić information content (AvgIpc) is 3.37. The third kappa shape index (κ3) is 4.64. The number of aromatic nitrogens is 1. The molecule has 4 atom stereocenters. The summed E-state index contributed by atoms with van der Waals surface area (Å²) < 4.78 is 0. The van der Waals surface area contributed by atoms with E-state index in [9.17, 15) is 9.90 Å². The molecule has 1 aromatic heterocycles. The van der Waals surface area contributed by atoms with E-state index in [1.54, 1.807) is 12.4 Å². The van der Waals surface area contributed by atoms with Crippen LogP contribution in [0.1, 0.15) is 29.0 Å². The largest absolute Gasteiger partial charge is 0.395 e. The molecule has 1 fully saturated rings. The lowest BCUT2D eigenvalue weighted by Gasteiger charge is -2.39. The second-order valence-corrected chi connectivity index (χ2v) is 10.6. The van der Waals surface area contributed by atoms with Crippen molar-refractivity contribution in [1.29, 1.82) is 0 Å². The highest BCUT2D eigenvalue weighted by molar-refractivity contribution is 6.00. The molecule has 0 aliphatic carbocycles. The van der Waals surface area contributed by atoms with Crippen LogP contribution in [0.4, 0.5) is 0 Å². The average molecular weight is 504 g/mol. The predicted molar refractivity (Wildman–Crippen MR) is 151 cm³/mol. The molecule has 0 spiro atoms. The highest BCUT2D eigenvalue weighted by Crippen LogP contribution is 2.42. The zero-order valence-corrected chi connectivity index (χ0v) is 21.6. The van der Waals surface area contributed by atoms with Crippen LogP contribution in [0.2, 0.25) is 0 Å². The smallest absolute Gasteiger partial charge is 0.234 e. The number of aliphatic hydroxyl groups is 1. The lowest BCUT2D eigenvalue weighted by Crippen LogP contribution is -2.47. The Labute approximate surface area is 224 Å². The maximum absolute atomic E-state index is 14.1. The minimum absolute atomic E-state index is 0.0443. The van der Waals surface area contributed by atoms with E-state index in [4.69, 9.17) is 0 Å². The van der Waals surface area contributed by atoms with Crippen LogP contribution in [0, 0.1) is 5.92 Å². The molecule has 1 amide bonds. The molecular weight excluding hydrogens is 470 g/mol. The molecule has 6 rings (SSSR count). The summed E-state index contributed by atoms with van der Waals surface area (Å²) >= 11 is 0. The van der Waals surface area contributed by atoms with Gasteiger partial charge in [-0.3, -0.25) is 14.7 Å².